The molecular weight excluding hydrogens is 430 g/mol. The van der Waals surface area contributed by atoms with Crippen LogP contribution in [-0.2, 0) is 21.8 Å². The Kier molecular flexibility index (Phi) is 7.30. The molecule has 1 aliphatic heterocycles. The van der Waals surface area contributed by atoms with E-state index in [1.54, 1.807) is 7.11 Å². The Hall–Kier alpha value is -3.31. The Balaban J connectivity index is 1.67. The zero-order valence-corrected chi connectivity index (χ0v) is 19.7. The van der Waals surface area contributed by atoms with Crippen LogP contribution in [0.3, 0.4) is 0 Å². The number of unbranched alkanes of at least 4 members (excludes halogenated alkanes) is 1. The van der Waals surface area contributed by atoms with Gasteiger partial charge in [-0.05, 0) is 53.8 Å². The van der Waals surface area contributed by atoms with Crippen LogP contribution < -0.4 is 9.64 Å². The van der Waals surface area contributed by atoms with Crippen LogP contribution in [0.25, 0.3) is 5.57 Å². The summed E-state index contributed by atoms with van der Waals surface area (Å²) in [5, 5.41) is 0. The Morgan fingerprint density at radius 1 is 0.818 bits per heavy atom. The number of nitrogens with zero attached hydrogens (tertiary/aromatic N) is 1. The van der Waals surface area contributed by atoms with Gasteiger partial charge in [0.2, 0.25) is 0 Å². The minimum absolute atomic E-state index is 0.270. The molecule has 33 heavy (non-hydrogen) atoms. The van der Waals surface area contributed by atoms with Gasteiger partial charge in [-0.25, -0.2) is 4.90 Å². The first-order valence-electron chi connectivity index (χ1n) is 11.2. The van der Waals surface area contributed by atoms with Gasteiger partial charge < -0.3 is 4.74 Å². The maximum Gasteiger partial charge on any atom is 0.272 e. The maximum atomic E-state index is 13.6. The number of benzene rings is 3. The average Bonchev–Trinajstić information content (AvgIpc) is 3.11. The number of anilines is 1. The van der Waals surface area contributed by atoms with Crippen molar-refractivity contribution in [2.24, 2.45) is 0 Å². The predicted molar refractivity (Wildman–Crippen MR) is 135 cm³/mol. The number of hydrogen-bond donors (Lipinski definition) is 0. The molecule has 2 amide bonds. The van der Waals surface area contributed by atoms with Crippen molar-refractivity contribution < 1.29 is 14.3 Å². The molecule has 0 atom stereocenters. The summed E-state index contributed by atoms with van der Waals surface area (Å²) < 4.78 is 5.26. The fourth-order valence-electron chi connectivity index (χ4n) is 3.81. The zero-order chi connectivity index (χ0) is 23.2. The molecule has 0 saturated carbocycles. The molecule has 4 nitrogen and oxygen atoms in total. The van der Waals surface area contributed by atoms with Crippen molar-refractivity contribution in [1.29, 1.82) is 0 Å². The Morgan fingerprint density at radius 3 is 2.15 bits per heavy atom. The van der Waals surface area contributed by atoms with E-state index >= 15 is 0 Å². The van der Waals surface area contributed by atoms with E-state index in [-0.39, 0.29) is 11.8 Å². The number of hydrogen-bond acceptors (Lipinski definition) is 4. The monoisotopic (exact) mass is 457 g/mol. The third-order valence-electron chi connectivity index (χ3n) is 5.66. The zero-order valence-electron chi connectivity index (χ0n) is 18.9. The van der Waals surface area contributed by atoms with Crippen molar-refractivity contribution >= 4 is 34.8 Å². The molecule has 0 bridgehead atoms. The number of imide groups is 1. The molecule has 3 aromatic carbocycles. The fourth-order valence-corrected chi connectivity index (χ4v) is 4.88. The second-order valence-electron chi connectivity index (χ2n) is 7.92. The van der Waals surface area contributed by atoms with E-state index in [0.29, 0.717) is 33.2 Å². The van der Waals surface area contributed by atoms with Crippen molar-refractivity contribution in [2.45, 2.75) is 31.9 Å². The molecule has 0 spiro atoms. The van der Waals surface area contributed by atoms with Crippen LogP contribution >= 0.6 is 11.8 Å². The number of amides is 2. The van der Waals surface area contributed by atoms with E-state index in [1.165, 1.54) is 22.2 Å². The predicted octanol–water partition coefficient (Wildman–Crippen LogP) is 6.26. The molecule has 0 N–H and O–H groups in total. The molecule has 0 radical (unpaired) electrons. The van der Waals surface area contributed by atoms with Crippen LogP contribution in [0.15, 0.2) is 83.8 Å². The number of aryl methyl sites for hydroxylation is 1. The first kappa shape index (κ1) is 22.9. The molecule has 0 aromatic heterocycles. The van der Waals surface area contributed by atoms with Gasteiger partial charge in [0.05, 0.1) is 23.3 Å². The lowest BCUT2D eigenvalue weighted by Gasteiger charge is -2.16. The highest BCUT2D eigenvalue weighted by atomic mass is 32.2. The van der Waals surface area contributed by atoms with Crippen LogP contribution in [0.1, 0.15) is 36.5 Å². The molecule has 1 heterocycles. The van der Waals surface area contributed by atoms with Crippen LogP contribution in [-0.4, -0.2) is 18.9 Å². The lowest BCUT2D eigenvalue weighted by molar-refractivity contribution is -0.119. The summed E-state index contributed by atoms with van der Waals surface area (Å²) in [5.74, 6) is 0.753. The van der Waals surface area contributed by atoms with Crippen molar-refractivity contribution in [3.05, 3.63) is 100 Å². The van der Waals surface area contributed by atoms with E-state index in [0.717, 1.165) is 24.8 Å². The number of carbonyl (C=O) groups is 2. The van der Waals surface area contributed by atoms with Gasteiger partial charge in [-0.3, -0.25) is 9.59 Å². The second kappa shape index (κ2) is 10.5. The van der Waals surface area contributed by atoms with Crippen LogP contribution in [0.2, 0.25) is 0 Å². The molecular formula is C28H27NO3S. The summed E-state index contributed by atoms with van der Waals surface area (Å²) >= 11 is 1.41. The lowest BCUT2D eigenvalue weighted by atomic mass is 10.1. The number of thioether (sulfide) groups is 1. The lowest BCUT2D eigenvalue weighted by Crippen LogP contribution is -2.31. The van der Waals surface area contributed by atoms with Gasteiger partial charge in [0.15, 0.2) is 0 Å². The number of methoxy groups -OCH3 is 1. The van der Waals surface area contributed by atoms with E-state index in [9.17, 15) is 9.59 Å². The van der Waals surface area contributed by atoms with Crippen LogP contribution in [0.4, 0.5) is 5.69 Å². The Morgan fingerprint density at radius 2 is 1.52 bits per heavy atom. The third-order valence-corrected chi connectivity index (χ3v) is 6.80. The summed E-state index contributed by atoms with van der Waals surface area (Å²) in [6, 6.07) is 25.0. The molecule has 0 saturated heterocycles. The van der Waals surface area contributed by atoms with Crippen molar-refractivity contribution in [3.63, 3.8) is 0 Å². The van der Waals surface area contributed by atoms with E-state index in [4.69, 9.17) is 4.74 Å². The maximum absolute atomic E-state index is 13.6. The molecule has 0 aliphatic carbocycles. The SMILES string of the molecule is CCCCc1ccc(N2C(=O)C(SCc3ccccc3)=C(c3ccc(OC)cc3)C2=O)cc1. The number of ether oxygens (including phenoxy) is 1. The van der Waals surface area contributed by atoms with E-state index < -0.39 is 0 Å². The van der Waals surface area contributed by atoms with Gasteiger partial charge >= 0.3 is 0 Å². The van der Waals surface area contributed by atoms with E-state index in [1.807, 2.05) is 78.9 Å². The highest BCUT2D eigenvalue weighted by molar-refractivity contribution is 8.03. The summed E-state index contributed by atoms with van der Waals surface area (Å²) in [4.78, 5) is 28.8. The molecule has 3 aromatic rings. The molecule has 5 heteroatoms. The number of carbonyl (C=O) groups excluding carboxylic acids is 2. The van der Waals surface area contributed by atoms with Crippen molar-refractivity contribution in [1.82, 2.24) is 0 Å². The summed E-state index contributed by atoms with van der Waals surface area (Å²) in [7, 11) is 1.60. The van der Waals surface area contributed by atoms with Crippen molar-refractivity contribution in [2.75, 3.05) is 12.0 Å². The Bertz CT molecular complexity index is 1150. The minimum atomic E-state index is -0.290. The average molecular weight is 458 g/mol. The Labute approximate surface area is 199 Å². The van der Waals surface area contributed by atoms with Gasteiger partial charge in [0.25, 0.3) is 11.8 Å². The van der Waals surface area contributed by atoms with Crippen molar-refractivity contribution in [3.8, 4) is 5.75 Å². The second-order valence-corrected chi connectivity index (χ2v) is 8.91. The highest BCUT2D eigenvalue weighted by Gasteiger charge is 2.40. The first-order valence-corrected chi connectivity index (χ1v) is 12.1. The summed E-state index contributed by atoms with van der Waals surface area (Å²) in [5.41, 5.74) is 4.07. The van der Waals surface area contributed by atoms with Gasteiger partial charge in [0.1, 0.15) is 5.75 Å². The largest absolute Gasteiger partial charge is 0.497 e. The van der Waals surface area contributed by atoms with Gasteiger partial charge in [-0.2, -0.15) is 0 Å². The van der Waals surface area contributed by atoms with Gasteiger partial charge in [-0.1, -0.05) is 67.9 Å². The standard InChI is InChI=1S/C28H27NO3S/c1-3-4-8-20-11-15-23(16-12-20)29-27(30)25(22-13-17-24(32-2)18-14-22)26(28(29)31)33-19-21-9-6-5-7-10-21/h5-7,9-18H,3-4,8,19H2,1-2H3. The molecule has 0 unspecified atom stereocenters. The number of rotatable bonds is 9. The van der Waals surface area contributed by atoms with E-state index in [2.05, 4.69) is 6.92 Å². The summed E-state index contributed by atoms with van der Waals surface area (Å²) in [6.45, 7) is 2.16. The topological polar surface area (TPSA) is 46.6 Å². The van der Waals surface area contributed by atoms with Gasteiger partial charge in [-0.15, -0.1) is 11.8 Å². The summed E-state index contributed by atoms with van der Waals surface area (Å²) in [6.07, 6.45) is 3.23. The third kappa shape index (κ3) is 5.04. The van der Waals surface area contributed by atoms with Crippen LogP contribution in [0.5, 0.6) is 5.75 Å². The van der Waals surface area contributed by atoms with Crippen LogP contribution in [0, 0.1) is 0 Å². The molecule has 168 valence electrons. The highest BCUT2D eigenvalue weighted by Crippen LogP contribution is 2.40. The normalized spacial score (nSPS) is 13.7. The smallest absolute Gasteiger partial charge is 0.272 e. The molecule has 1 aliphatic rings. The quantitative estimate of drug-likeness (QED) is 0.356. The fraction of sp³-hybridized carbons (Fsp3) is 0.214. The first-order chi connectivity index (χ1) is 16.1. The minimum Gasteiger partial charge on any atom is -0.497 e. The molecule has 4 rings (SSSR count). The van der Waals surface area contributed by atoms with Gasteiger partial charge in [0, 0.05) is 5.75 Å². The molecule has 0 fully saturated rings.